The maximum atomic E-state index is 10.0. The summed E-state index contributed by atoms with van der Waals surface area (Å²) in [6, 6.07) is 8.23. The first kappa shape index (κ1) is 13.4. The van der Waals surface area contributed by atoms with Crippen molar-refractivity contribution in [3.63, 3.8) is 0 Å². The average molecular weight is 248 g/mol. The summed E-state index contributed by atoms with van der Waals surface area (Å²) in [5.74, 6) is 1.58. The first-order valence-corrected chi connectivity index (χ1v) is 7.16. The highest BCUT2D eigenvalue weighted by Crippen LogP contribution is 2.30. The molecule has 0 bridgehead atoms. The Morgan fingerprint density at radius 2 is 1.89 bits per heavy atom. The Balaban J connectivity index is 1.97. The third kappa shape index (κ3) is 3.26. The largest absolute Gasteiger partial charge is 0.488 e. The second-order valence-electron chi connectivity index (χ2n) is 5.31. The van der Waals surface area contributed by atoms with Crippen LogP contribution in [0.1, 0.15) is 45.1 Å². The van der Waals surface area contributed by atoms with Gasteiger partial charge in [-0.3, -0.25) is 0 Å². The van der Waals surface area contributed by atoms with E-state index >= 15 is 0 Å². The molecule has 0 radical (unpaired) electrons. The Kier molecular flexibility index (Phi) is 4.65. The first-order valence-electron chi connectivity index (χ1n) is 7.16. The number of hydrogen-bond acceptors (Lipinski definition) is 2. The maximum Gasteiger partial charge on any atom is 0.125 e. The second-order valence-corrected chi connectivity index (χ2v) is 5.31. The number of aryl methyl sites for hydroxylation is 1. The summed E-state index contributed by atoms with van der Waals surface area (Å²) in [5, 5.41) is 10.0. The third-order valence-electron chi connectivity index (χ3n) is 4.06. The van der Waals surface area contributed by atoms with Gasteiger partial charge in [0.2, 0.25) is 0 Å². The van der Waals surface area contributed by atoms with Crippen molar-refractivity contribution >= 4 is 0 Å². The number of ether oxygens (including phenoxy) is 1. The number of aliphatic hydroxyl groups excluding tert-OH is 1. The van der Waals surface area contributed by atoms with E-state index < -0.39 is 0 Å². The van der Waals surface area contributed by atoms with Crippen LogP contribution in [0.5, 0.6) is 5.75 Å². The molecule has 0 saturated heterocycles. The lowest BCUT2D eigenvalue weighted by Gasteiger charge is -2.33. The molecule has 0 aromatic heterocycles. The minimum atomic E-state index is -0.307. The van der Waals surface area contributed by atoms with Crippen molar-refractivity contribution in [2.75, 3.05) is 0 Å². The molecule has 100 valence electrons. The van der Waals surface area contributed by atoms with Crippen LogP contribution in [-0.4, -0.2) is 17.3 Å². The van der Waals surface area contributed by atoms with E-state index in [1.165, 1.54) is 12.0 Å². The fraction of sp³-hybridized carbons (Fsp3) is 0.625. The molecular formula is C16H24O2. The molecule has 0 heterocycles. The Morgan fingerprint density at radius 1 is 1.17 bits per heavy atom. The van der Waals surface area contributed by atoms with Crippen LogP contribution >= 0.6 is 0 Å². The van der Waals surface area contributed by atoms with E-state index in [2.05, 4.69) is 26.0 Å². The minimum absolute atomic E-state index is 0.0313. The molecule has 1 aliphatic carbocycles. The molecule has 0 amide bonds. The van der Waals surface area contributed by atoms with Gasteiger partial charge in [-0.2, -0.15) is 0 Å². The van der Waals surface area contributed by atoms with E-state index in [-0.39, 0.29) is 12.2 Å². The molecule has 3 atom stereocenters. The molecule has 1 aliphatic rings. The normalized spacial score (nSPS) is 28.1. The second kappa shape index (κ2) is 6.24. The summed E-state index contributed by atoms with van der Waals surface area (Å²) in [6.45, 7) is 4.36. The fourth-order valence-corrected chi connectivity index (χ4v) is 2.67. The number of aliphatic hydroxyl groups is 1. The molecule has 1 N–H and O–H groups in total. The van der Waals surface area contributed by atoms with E-state index in [0.29, 0.717) is 5.92 Å². The van der Waals surface area contributed by atoms with Gasteiger partial charge in [0.15, 0.2) is 0 Å². The van der Waals surface area contributed by atoms with Crippen molar-refractivity contribution < 1.29 is 9.84 Å². The van der Waals surface area contributed by atoms with Gasteiger partial charge >= 0.3 is 0 Å². The quantitative estimate of drug-likeness (QED) is 0.882. The molecule has 0 spiro atoms. The lowest BCUT2D eigenvalue weighted by molar-refractivity contribution is -0.0109. The molecular weight excluding hydrogens is 224 g/mol. The third-order valence-corrected chi connectivity index (χ3v) is 4.06. The molecule has 3 unspecified atom stereocenters. The lowest BCUT2D eigenvalue weighted by atomic mass is 9.84. The van der Waals surface area contributed by atoms with Gasteiger partial charge in [0.1, 0.15) is 11.9 Å². The van der Waals surface area contributed by atoms with E-state index in [4.69, 9.17) is 4.74 Å². The van der Waals surface area contributed by atoms with Gasteiger partial charge in [0.05, 0.1) is 6.10 Å². The van der Waals surface area contributed by atoms with Crippen LogP contribution in [-0.2, 0) is 6.42 Å². The van der Waals surface area contributed by atoms with Crippen molar-refractivity contribution in [2.24, 2.45) is 5.92 Å². The molecule has 2 heteroatoms. The van der Waals surface area contributed by atoms with E-state index in [1.807, 2.05) is 12.1 Å². The first-order chi connectivity index (χ1) is 8.72. The highest BCUT2D eigenvalue weighted by Gasteiger charge is 2.29. The SMILES string of the molecule is CCc1ccc(OC2CC(CC)CCC2O)cc1. The van der Waals surface area contributed by atoms with Crippen LogP contribution in [0.4, 0.5) is 0 Å². The molecule has 1 saturated carbocycles. The Hall–Kier alpha value is -1.02. The zero-order valence-electron chi connectivity index (χ0n) is 11.4. The molecule has 1 aromatic rings. The summed E-state index contributed by atoms with van der Waals surface area (Å²) < 4.78 is 5.95. The van der Waals surface area contributed by atoms with Crippen molar-refractivity contribution in [3.8, 4) is 5.75 Å². The van der Waals surface area contributed by atoms with Crippen LogP contribution in [0.25, 0.3) is 0 Å². The van der Waals surface area contributed by atoms with E-state index in [0.717, 1.165) is 31.4 Å². The number of benzene rings is 1. The topological polar surface area (TPSA) is 29.5 Å². The highest BCUT2D eigenvalue weighted by atomic mass is 16.5. The Bertz CT molecular complexity index is 358. The van der Waals surface area contributed by atoms with Crippen molar-refractivity contribution in [1.82, 2.24) is 0 Å². The van der Waals surface area contributed by atoms with Crippen LogP contribution in [0.2, 0.25) is 0 Å². The van der Waals surface area contributed by atoms with Crippen molar-refractivity contribution in [3.05, 3.63) is 29.8 Å². The molecule has 18 heavy (non-hydrogen) atoms. The predicted molar refractivity (Wildman–Crippen MR) is 73.9 cm³/mol. The zero-order valence-corrected chi connectivity index (χ0v) is 11.4. The van der Waals surface area contributed by atoms with Crippen LogP contribution in [0.15, 0.2) is 24.3 Å². The monoisotopic (exact) mass is 248 g/mol. The smallest absolute Gasteiger partial charge is 0.125 e. The van der Waals surface area contributed by atoms with Crippen LogP contribution in [0, 0.1) is 5.92 Å². The van der Waals surface area contributed by atoms with Gasteiger partial charge in [0, 0.05) is 0 Å². The average Bonchev–Trinajstić information content (AvgIpc) is 2.42. The Morgan fingerprint density at radius 3 is 2.50 bits per heavy atom. The molecule has 2 nitrogen and oxygen atoms in total. The minimum Gasteiger partial charge on any atom is -0.488 e. The molecule has 0 aliphatic heterocycles. The van der Waals surface area contributed by atoms with Gasteiger partial charge in [-0.25, -0.2) is 0 Å². The fourth-order valence-electron chi connectivity index (χ4n) is 2.67. The predicted octanol–water partition coefficient (Wildman–Crippen LogP) is 3.57. The van der Waals surface area contributed by atoms with Gasteiger partial charge in [0.25, 0.3) is 0 Å². The highest BCUT2D eigenvalue weighted by molar-refractivity contribution is 5.27. The maximum absolute atomic E-state index is 10.0. The summed E-state index contributed by atoms with van der Waals surface area (Å²) in [7, 11) is 0. The summed E-state index contributed by atoms with van der Waals surface area (Å²) in [5.41, 5.74) is 1.32. The summed E-state index contributed by atoms with van der Waals surface area (Å²) in [4.78, 5) is 0. The van der Waals surface area contributed by atoms with Gasteiger partial charge in [-0.05, 0) is 49.3 Å². The van der Waals surface area contributed by atoms with Crippen LogP contribution in [0.3, 0.4) is 0 Å². The van der Waals surface area contributed by atoms with E-state index in [1.54, 1.807) is 0 Å². The van der Waals surface area contributed by atoms with Crippen LogP contribution < -0.4 is 4.74 Å². The Labute approximate surface area is 110 Å². The zero-order chi connectivity index (χ0) is 13.0. The van der Waals surface area contributed by atoms with Gasteiger partial charge in [-0.15, -0.1) is 0 Å². The number of hydrogen-bond donors (Lipinski definition) is 1. The molecule has 2 rings (SSSR count). The molecule has 1 fully saturated rings. The number of rotatable bonds is 4. The summed E-state index contributed by atoms with van der Waals surface area (Å²) in [6.07, 6.45) is 4.87. The standard InChI is InChI=1S/C16H24O2/c1-3-12-5-8-14(9-6-12)18-16-11-13(4-2)7-10-15(16)17/h5-6,8-9,13,15-17H,3-4,7,10-11H2,1-2H3. The summed E-state index contributed by atoms with van der Waals surface area (Å²) >= 11 is 0. The lowest BCUT2D eigenvalue weighted by Crippen LogP contribution is -2.38. The van der Waals surface area contributed by atoms with Crippen molar-refractivity contribution in [2.45, 2.75) is 58.2 Å². The van der Waals surface area contributed by atoms with Crippen molar-refractivity contribution in [1.29, 1.82) is 0 Å². The van der Waals surface area contributed by atoms with Gasteiger partial charge < -0.3 is 9.84 Å². The molecule has 1 aromatic carbocycles. The van der Waals surface area contributed by atoms with Gasteiger partial charge in [-0.1, -0.05) is 32.4 Å². The van der Waals surface area contributed by atoms with E-state index in [9.17, 15) is 5.11 Å².